The van der Waals surface area contributed by atoms with Gasteiger partial charge in [0.15, 0.2) is 0 Å². The average molecular weight is 267 g/mol. The number of imidazole rings is 1. The molecule has 1 unspecified atom stereocenters. The van der Waals surface area contributed by atoms with Crippen molar-refractivity contribution in [1.29, 1.82) is 0 Å². The third-order valence-electron chi connectivity index (χ3n) is 3.34. The van der Waals surface area contributed by atoms with E-state index in [1.54, 1.807) is 38.3 Å². The molecule has 1 aliphatic rings. The van der Waals surface area contributed by atoms with Crippen LogP contribution in [0.4, 0.5) is 0 Å². The number of aromatic amines is 1. The van der Waals surface area contributed by atoms with E-state index < -0.39 is 5.60 Å². The minimum absolute atomic E-state index is 0.0147. The topological polar surface area (TPSA) is 78.5 Å². The number of rotatable bonds is 4. The molecule has 0 spiro atoms. The highest BCUT2D eigenvalue weighted by Crippen LogP contribution is 2.32. The number of H-pyrrole nitrogens is 1. The number of aliphatic hydroxyl groups is 1. The molecule has 1 saturated heterocycles. The lowest BCUT2D eigenvalue weighted by Gasteiger charge is -2.26. The lowest BCUT2D eigenvalue weighted by molar-refractivity contribution is -0.136. The molecule has 2 N–H and O–H groups in total. The second kappa shape index (κ2) is 5.30. The van der Waals surface area contributed by atoms with E-state index >= 15 is 0 Å². The predicted molar refractivity (Wildman–Crippen MR) is 69.4 cm³/mol. The van der Waals surface area contributed by atoms with Crippen LogP contribution in [0.15, 0.2) is 12.4 Å². The number of methoxy groups -OCH3 is 1. The smallest absolute Gasteiger partial charge is 0.226 e. The van der Waals surface area contributed by atoms with E-state index in [1.807, 2.05) is 0 Å². The standard InChI is InChI=1S/C13H21N3O3/c1-13(2,18)7-11(17)16-8-9(19-3)6-10(16)12-14-4-5-15-12/h4-5,9-10,18H,6-8H2,1-3H3,(H,14,15)/t9-,10?/m1/s1. The summed E-state index contributed by atoms with van der Waals surface area (Å²) in [6.45, 7) is 3.81. The summed E-state index contributed by atoms with van der Waals surface area (Å²) in [6.07, 6.45) is 4.26. The molecule has 2 rings (SSSR count). The zero-order valence-corrected chi connectivity index (χ0v) is 11.6. The fourth-order valence-electron chi connectivity index (χ4n) is 2.43. The van der Waals surface area contributed by atoms with Gasteiger partial charge in [0.05, 0.1) is 24.2 Å². The monoisotopic (exact) mass is 267 g/mol. The lowest BCUT2D eigenvalue weighted by atomic mass is 10.0. The van der Waals surface area contributed by atoms with Crippen LogP contribution in [-0.4, -0.2) is 51.2 Å². The van der Waals surface area contributed by atoms with Gasteiger partial charge in [-0.1, -0.05) is 0 Å². The SMILES string of the molecule is CO[C@@H]1CC(c2ncc[nH]2)N(C(=O)CC(C)(C)O)C1. The zero-order valence-electron chi connectivity index (χ0n) is 11.6. The van der Waals surface area contributed by atoms with Gasteiger partial charge in [0.2, 0.25) is 5.91 Å². The van der Waals surface area contributed by atoms with E-state index in [9.17, 15) is 9.90 Å². The molecule has 6 heteroatoms. The Kier molecular flexibility index (Phi) is 3.91. The number of amides is 1. The number of nitrogens with zero attached hydrogens (tertiary/aromatic N) is 2. The highest BCUT2D eigenvalue weighted by Gasteiger charge is 2.38. The Balaban J connectivity index is 2.14. The molecule has 0 bridgehead atoms. The summed E-state index contributed by atoms with van der Waals surface area (Å²) in [6, 6.07) is -0.102. The van der Waals surface area contributed by atoms with Crippen LogP contribution in [0.2, 0.25) is 0 Å². The molecular formula is C13H21N3O3. The molecule has 0 radical (unpaired) electrons. The largest absolute Gasteiger partial charge is 0.390 e. The second-order valence-electron chi connectivity index (χ2n) is 5.62. The van der Waals surface area contributed by atoms with Gasteiger partial charge in [-0.15, -0.1) is 0 Å². The zero-order chi connectivity index (χ0) is 14.0. The lowest BCUT2D eigenvalue weighted by Crippen LogP contribution is -2.37. The molecular weight excluding hydrogens is 246 g/mol. The Morgan fingerprint density at radius 3 is 2.95 bits per heavy atom. The molecule has 19 heavy (non-hydrogen) atoms. The summed E-state index contributed by atoms with van der Waals surface area (Å²) in [7, 11) is 1.65. The van der Waals surface area contributed by atoms with Gasteiger partial charge in [0.1, 0.15) is 5.82 Å². The number of ether oxygens (including phenoxy) is 1. The first-order valence-electron chi connectivity index (χ1n) is 6.44. The van der Waals surface area contributed by atoms with Crippen LogP contribution in [0.3, 0.4) is 0 Å². The van der Waals surface area contributed by atoms with Gasteiger partial charge in [0.25, 0.3) is 0 Å². The Hall–Kier alpha value is -1.40. The normalized spacial score (nSPS) is 23.9. The van der Waals surface area contributed by atoms with Gasteiger partial charge in [-0.2, -0.15) is 0 Å². The Labute approximate surface area is 112 Å². The first kappa shape index (κ1) is 14.0. The van der Waals surface area contributed by atoms with Crippen LogP contribution < -0.4 is 0 Å². The third kappa shape index (κ3) is 3.33. The molecule has 1 aromatic heterocycles. The van der Waals surface area contributed by atoms with Crippen LogP contribution in [0.1, 0.15) is 38.6 Å². The number of hydrogen-bond donors (Lipinski definition) is 2. The van der Waals surface area contributed by atoms with Crippen molar-refractivity contribution < 1.29 is 14.6 Å². The van der Waals surface area contributed by atoms with Gasteiger partial charge in [-0.05, 0) is 13.8 Å². The summed E-state index contributed by atoms with van der Waals surface area (Å²) >= 11 is 0. The van der Waals surface area contributed by atoms with E-state index in [0.29, 0.717) is 6.54 Å². The maximum absolute atomic E-state index is 12.3. The van der Waals surface area contributed by atoms with Crippen LogP contribution in [-0.2, 0) is 9.53 Å². The highest BCUT2D eigenvalue weighted by molar-refractivity contribution is 5.78. The van der Waals surface area contributed by atoms with Crippen LogP contribution in [0.25, 0.3) is 0 Å². The van der Waals surface area contributed by atoms with Crippen molar-refractivity contribution in [2.24, 2.45) is 0 Å². The quantitative estimate of drug-likeness (QED) is 0.848. The molecule has 0 saturated carbocycles. The first-order chi connectivity index (χ1) is 8.90. The molecule has 1 aliphatic heterocycles. The van der Waals surface area contributed by atoms with Crippen molar-refractivity contribution in [1.82, 2.24) is 14.9 Å². The number of hydrogen-bond acceptors (Lipinski definition) is 4. The minimum atomic E-state index is -1.00. The number of carbonyl (C=O) groups excluding carboxylic acids is 1. The maximum Gasteiger partial charge on any atom is 0.226 e. The molecule has 2 heterocycles. The third-order valence-corrected chi connectivity index (χ3v) is 3.34. The predicted octanol–water partition coefficient (Wildman–Crippen LogP) is 0.859. The average Bonchev–Trinajstić information content (AvgIpc) is 2.95. The molecule has 1 amide bonds. The van der Waals surface area contributed by atoms with Crippen molar-refractivity contribution in [2.75, 3.05) is 13.7 Å². The summed E-state index contributed by atoms with van der Waals surface area (Å²) in [5.41, 5.74) is -1.00. The number of likely N-dealkylation sites (tertiary alicyclic amines) is 1. The second-order valence-corrected chi connectivity index (χ2v) is 5.62. The summed E-state index contributed by atoms with van der Waals surface area (Å²) in [5.74, 6) is 0.692. The van der Waals surface area contributed by atoms with Gasteiger partial charge in [-0.25, -0.2) is 4.98 Å². The summed E-state index contributed by atoms with van der Waals surface area (Å²) in [4.78, 5) is 21.3. The van der Waals surface area contributed by atoms with Crippen molar-refractivity contribution in [3.05, 3.63) is 18.2 Å². The fourth-order valence-corrected chi connectivity index (χ4v) is 2.43. The van der Waals surface area contributed by atoms with Crippen LogP contribution in [0.5, 0.6) is 0 Å². The van der Waals surface area contributed by atoms with E-state index in [-0.39, 0.29) is 24.5 Å². The molecule has 0 aliphatic carbocycles. The number of carbonyl (C=O) groups is 1. The van der Waals surface area contributed by atoms with Gasteiger partial charge in [0, 0.05) is 32.5 Å². The van der Waals surface area contributed by atoms with E-state index in [0.717, 1.165) is 12.2 Å². The Morgan fingerprint density at radius 2 is 2.42 bits per heavy atom. The summed E-state index contributed by atoms with van der Waals surface area (Å²) < 4.78 is 5.35. The van der Waals surface area contributed by atoms with Crippen molar-refractivity contribution in [3.8, 4) is 0 Å². The van der Waals surface area contributed by atoms with E-state index in [2.05, 4.69) is 9.97 Å². The van der Waals surface area contributed by atoms with E-state index in [1.165, 1.54) is 0 Å². The van der Waals surface area contributed by atoms with Crippen molar-refractivity contribution >= 4 is 5.91 Å². The Bertz CT molecular complexity index is 425. The number of aromatic nitrogens is 2. The van der Waals surface area contributed by atoms with Gasteiger partial charge in [-0.3, -0.25) is 4.79 Å². The van der Waals surface area contributed by atoms with Crippen molar-refractivity contribution in [3.63, 3.8) is 0 Å². The molecule has 106 valence electrons. The van der Waals surface area contributed by atoms with Gasteiger partial charge < -0.3 is 19.7 Å². The summed E-state index contributed by atoms with van der Waals surface area (Å²) in [5, 5.41) is 9.79. The van der Waals surface area contributed by atoms with E-state index in [4.69, 9.17) is 4.74 Å². The molecule has 2 atom stereocenters. The molecule has 1 fully saturated rings. The van der Waals surface area contributed by atoms with Crippen LogP contribution >= 0.6 is 0 Å². The molecule has 0 aromatic carbocycles. The van der Waals surface area contributed by atoms with Crippen molar-refractivity contribution in [2.45, 2.75) is 44.4 Å². The molecule has 6 nitrogen and oxygen atoms in total. The molecule has 1 aromatic rings. The fraction of sp³-hybridized carbons (Fsp3) is 0.692. The Morgan fingerprint density at radius 1 is 1.68 bits per heavy atom. The van der Waals surface area contributed by atoms with Gasteiger partial charge >= 0.3 is 0 Å². The minimum Gasteiger partial charge on any atom is -0.390 e. The highest BCUT2D eigenvalue weighted by atomic mass is 16.5. The first-order valence-corrected chi connectivity index (χ1v) is 6.44. The van der Waals surface area contributed by atoms with Crippen LogP contribution in [0, 0.1) is 0 Å². The maximum atomic E-state index is 12.3. The number of nitrogens with one attached hydrogen (secondary N) is 1.